The Hall–Kier alpha value is -4.19. The summed E-state index contributed by atoms with van der Waals surface area (Å²) < 4.78 is 12.7. The van der Waals surface area contributed by atoms with E-state index in [1.54, 1.807) is 35.1 Å². The van der Waals surface area contributed by atoms with Crippen molar-refractivity contribution in [3.8, 4) is 5.75 Å². The summed E-state index contributed by atoms with van der Waals surface area (Å²) in [5, 5.41) is 78.4. The molecule has 3 fully saturated rings. The van der Waals surface area contributed by atoms with E-state index >= 15 is 4.79 Å². The SMILES string of the molecule is O=CC1CCCC12CC1CCC3=C4C5=C(NC3)NC3CC5=CC2C41CC1(O)C(O)C(CO)OC(Oc2cccc4c2C(=O)C2(CSS3)C(O)=CC(Cc3cccc(CO)c3)=CC2C4=O)C1O. The van der Waals surface area contributed by atoms with Gasteiger partial charge in [-0.2, -0.15) is 0 Å². The number of aliphatic hydroxyl groups is 6. The van der Waals surface area contributed by atoms with Gasteiger partial charge in [0.15, 0.2) is 11.6 Å². The van der Waals surface area contributed by atoms with Crippen LogP contribution in [-0.2, 0) is 22.6 Å². The second-order valence-corrected chi connectivity index (χ2v) is 23.0. The van der Waals surface area contributed by atoms with Crippen molar-refractivity contribution in [1.82, 2.24) is 10.6 Å². The highest BCUT2D eigenvalue weighted by atomic mass is 33.1. The molecule has 1 saturated heterocycles. The average Bonchev–Trinajstić information content (AvgIpc) is 3.85. The predicted molar refractivity (Wildman–Crippen MR) is 245 cm³/mol. The van der Waals surface area contributed by atoms with Gasteiger partial charge in [-0.3, -0.25) is 9.59 Å². The molecule has 15 heteroatoms. The predicted octanol–water partition coefficient (Wildman–Crippen LogP) is 4.89. The lowest BCUT2D eigenvalue weighted by molar-refractivity contribution is -0.321. The number of aldehydes is 1. The Morgan fingerprint density at radius 3 is 2.67 bits per heavy atom. The van der Waals surface area contributed by atoms with Gasteiger partial charge in [0.1, 0.15) is 52.9 Å². The summed E-state index contributed by atoms with van der Waals surface area (Å²) in [6, 6.07) is 12.0. The van der Waals surface area contributed by atoms with Crippen LogP contribution in [-0.4, -0.2) is 103 Å². The number of aliphatic hydroxyl groups excluding tert-OH is 5. The molecular formula is C51H54N2O11S2. The molecule has 5 aliphatic heterocycles. The first-order chi connectivity index (χ1) is 31.9. The van der Waals surface area contributed by atoms with Gasteiger partial charge in [-0.15, -0.1) is 0 Å². The summed E-state index contributed by atoms with van der Waals surface area (Å²) in [4.78, 5) is 43.6. The number of rotatable bonds is 5. The quantitative estimate of drug-likeness (QED) is 0.148. The second-order valence-electron chi connectivity index (χ2n) is 20.4. The molecule has 66 heavy (non-hydrogen) atoms. The molecule has 11 aliphatic rings. The fourth-order valence-corrected chi connectivity index (χ4v) is 17.5. The van der Waals surface area contributed by atoms with Gasteiger partial charge in [0, 0.05) is 41.2 Å². The molecule has 5 heterocycles. The molecule has 10 bridgehead atoms. The molecule has 13 atom stereocenters. The lowest BCUT2D eigenvalue weighted by atomic mass is 9.49. The van der Waals surface area contributed by atoms with Crippen LogP contribution in [0.2, 0.25) is 0 Å². The number of benzene rings is 2. The number of carbonyl (C=O) groups is 3. The van der Waals surface area contributed by atoms with Crippen molar-refractivity contribution < 1.29 is 54.5 Å². The zero-order valence-corrected chi connectivity index (χ0v) is 37.9. The van der Waals surface area contributed by atoms with Crippen molar-refractivity contribution in [2.24, 2.45) is 39.9 Å². The van der Waals surface area contributed by atoms with Crippen LogP contribution in [0.25, 0.3) is 0 Å². The van der Waals surface area contributed by atoms with Crippen molar-refractivity contribution >= 4 is 39.4 Å². The fraction of sp³-hybridized carbons (Fsp3) is 0.510. The molecule has 346 valence electrons. The van der Waals surface area contributed by atoms with E-state index in [2.05, 4.69) is 16.7 Å². The topological polar surface area (TPSA) is 215 Å². The van der Waals surface area contributed by atoms with E-state index in [1.165, 1.54) is 22.4 Å². The molecule has 2 aromatic carbocycles. The second kappa shape index (κ2) is 15.4. The van der Waals surface area contributed by atoms with Crippen LogP contribution in [0.1, 0.15) is 83.2 Å². The number of dihydropyridines is 1. The van der Waals surface area contributed by atoms with Gasteiger partial charge in [0.05, 0.1) is 30.1 Å². The molecule has 0 radical (unpaired) electrons. The van der Waals surface area contributed by atoms with Crippen molar-refractivity contribution in [1.29, 1.82) is 0 Å². The third kappa shape index (κ3) is 5.80. The number of ether oxygens (including phenoxy) is 2. The number of nitrogens with one attached hydrogen (secondary N) is 2. The monoisotopic (exact) mass is 934 g/mol. The average molecular weight is 935 g/mol. The minimum atomic E-state index is -2.33. The molecule has 3 spiro atoms. The molecule has 8 N–H and O–H groups in total. The Balaban J connectivity index is 1.03. The highest BCUT2D eigenvalue weighted by Gasteiger charge is 2.72. The molecule has 13 nitrogen and oxygen atoms in total. The zero-order valence-electron chi connectivity index (χ0n) is 36.3. The number of carbonyl (C=O) groups excluding carboxylic acids is 3. The van der Waals surface area contributed by atoms with Gasteiger partial charge in [0.25, 0.3) is 0 Å². The first-order valence-corrected chi connectivity index (χ1v) is 25.7. The summed E-state index contributed by atoms with van der Waals surface area (Å²) in [6.07, 6.45) is 5.76. The van der Waals surface area contributed by atoms with Gasteiger partial charge in [-0.05, 0) is 108 Å². The number of hydrogen-bond acceptors (Lipinski definition) is 15. The number of hydrogen-bond donors (Lipinski definition) is 8. The molecule has 0 amide bonds. The Morgan fingerprint density at radius 1 is 1.02 bits per heavy atom. The van der Waals surface area contributed by atoms with E-state index in [0.29, 0.717) is 25.0 Å². The first-order valence-electron chi connectivity index (χ1n) is 23.4. The van der Waals surface area contributed by atoms with Gasteiger partial charge < -0.3 is 55.5 Å². The largest absolute Gasteiger partial charge is 0.511 e. The normalized spacial score (nSPS) is 40.7. The van der Waals surface area contributed by atoms with E-state index in [0.717, 1.165) is 78.5 Å². The number of fused-ring (bicyclic) bond motifs is 2. The first kappa shape index (κ1) is 43.1. The van der Waals surface area contributed by atoms with Crippen LogP contribution in [0.4, 0.5) is 0 Å². The van der Waals surface area contributed by atoms with Crippen molar-refractivity contribution in [2.75, 3.05) is 18.9 Å². The van der Waals surface area contributed by atoms with Crippen molar-refractivity contribution in [3.63, 3.8) is 0 Å². The molecular weight excluding hydrogens is 881 g/mol. The van der Waals surface area contributed by atoms with Gasteiger partial charge in [0.2, 0.25) is 6.29 Å². The maximum Gasteiger partial charge on any atom is 0.229 e. The molecule has 2 aromatic rings. The van der Waals surface area contributed by atoms with Crippen LogP contribution in [0.3, 0.4) is 0 Å². The summed E-state index contributed by atoms with van der Waals surface area (Å²) in [6.45, 7) is -0.312. The minimum Gasteiger partial charge on any atom is -0.511 e. The maximum absolute atomic E-state index is 15.5. The van der Waals surface area contributed by atoms with Crippen molar-refractivity contribution in [2.45, 2.75) is 100.0 Å². The van der Waals surface area contributed by atoms with E-state index in [-0.39, 0.29) is 64.5 Å². The van der Waals surface area contributed by atoms with E-state index in [9.17, 15) is 40.2 Å². The smallest absolute Gasteiger partial charge is 0.229 e. The van der Waals surface area contributed by atoms with Crippen LogP contribution in [0, 0.1) is 39.9 Å². The number of allylic oxidation sites excluding steroid dienone is 7. The summed E-state index contributed by atoms with van der Waals surface area (Å²) in [5.74, 6) is -1.97. The third-order valence-corrected chi connectivity index (χ3v) is 20.2. The van der Waals surface area contributed by atoms with Crippen LogP contribution in [0.15, 0.2) is 100 Å². The lowest BCUT2D eigenvalue weighted by Crippen LogP contribution is -2.70. The lowest BCUT2D eigenvalue weighted by Gasteiger charge is -2.59. The summed E-state index contributed by atoms with van der Waals surface area (Å²) in [5.41, 5.74) is 1.40. The highest BCUT2D eigenvalue weighted by Crippen LogP contribution is 2.76. The molecule has 2 saturated carbocycles. The van der Waals surface area contributed by atoms with E-state index in [4.69, 9.17) is 9.47 Å². The summed E-state index contributed by atoms with van der Waals surface area (Å²) >= 11 is 0. The van der Waals surface area contributed by atoms with Crippen LogP contribution >= 0.6 is 21.6 Å². The Morgan fingerprint density at radius 2 is 1.85 bits per heavy atom. The maximum atomic E-state index is 15.5. The minimum absolute atomic E-state index is 0.00308. The highest BCUT2D eigenvalue weighted by molar-refractivity contribution is 8.76. The molecule has 6 aliphatic carbocycles. The zero-order chi connectivity index (χ0) is 45.5. The fourth-order valence-electron chi connectivity index (χ4n) is 14.6. The Kier molecular flexibility index (Phi) is 10.1. The molecule has 13 rings (SSSR count). The summed E-state index contributed by atoms with van der Waals surface area (Å²) in [7, 11) is 2.95. The molecule has 0 aromatic heterocycles. The van der Waals surface area contributed by atoms with Crippen LogP contribution in [0.5, 0.6) is 5.75 Å². The van der Waals surface area contributed by atoms with Gasteiger partial charge >= 0.3 is 0 Å². The Bertz CT molecular complexity index is 2640. The van der Waals surface area contributed by atoms with Gasteiger partial charge in [-0.25, -0.2) is 0 Å². The van der Waals surface area contributed by atoms with Crippen molar-refractivity contribution in [3.05, 3.63) is 122 Å². The molecule has 13 unspecified atom stereocenters. The Labute approximate surface area is 389 Å². The van der Waals surface area contributed by atoms with E-state index in [1.807, 2.05) is 24.3 Å². The third-order valence-electron chi connectivity index (χ3n) is 17.5. The number of Topliss-reactive ketones (excluding diaryl/α,β-unsaturated/α-hetero) is 2. The standard InChI is InChI=1S/C51H54N2O11S2/c54-20-26-5-1-4-25(12-26)13-27-14-33-42(58)32-7-2-8-34-40(32)44(60)50(33,37(57)15-27)24-65-66-38-17-29-16-36-48(11-3-6-31(48)21-55)18-30-10-9-28-19-52-46(53-38)39(29)41(28)49(30,36)23-51(62)43(59)35(22-56)64-47(63-34)45(51)61/h1-2,4-5,7-8,12,14-16,21,30-31,33,35-36,38,43,45,47,52-54,56-57,59,61-62H,3,6,9-11,13,17-20,22-24H2. The van der Waals surface area contributed by atoms with E-state index < -0.39 is 70.5 Å². The van der Waals surface area contributed by atoms with Crippen LogP contribution < -0.4 is 15.4 Å². The van der Waals surface area contributed by atoms with Gasteiger partial charge in [-0.1, -0.05) is 76.6 Å². The number of ketones is 2.